The summed E-state index contributed by atoms with van der Waals surface area (Å²) in [5.41, 5.74) is 5.61. The molecular weight excluding hydrogens is 330 g/mol. The summed E-state index contributed by atoms with van der Waals surface area (Å²) < 4.78 is 47.3. The van der Waals surface area contributed by atoms with Gasteiger partial charge >= 0.3 is 11.8 Å². The molecule has 3 N–H and O–H groups in total. The van der Waals surface area contributed by atoms with Gasteiger partial charge in [0.15, 0.2) is 0 Å². The lowest BCUT2D eigenvalue weighted by molar-refractivity contribution is 0.234. The molecule has 0 saturated heterocycles. The predicted octanol–water partition coefficient (Wildman–Crippen LogP) is 2.23. The summed E-state index contributed by atoms with van der Waals surface area (Å²) in [5.74, 6) is -3.48. The van der Waals surface area contributed by atoms with Gasteiger partial charge in [-0.1, -0.05) is 0 Å². The number of carbonyl (C=O) groups excluding carboxylic acids is 1. The molecule has 0 radical (unpaired) electrons. The lowest BCUT2D eigenvalue weighted by atomic mass is 10.3. The number of anilines is 2. The number of alkyl halides is 2. The van der Waals surface area contributed by atoms with Gasteiger partial charge in [-0.3, -0.25) is 15.8 Å². The van der Waals surface area contributed by atoms with Crippen molar-refractivity contribution in [3.63, 3.8) is 0 Å². The van der Waals surface area contributed by atoms with Crippen molar-refractivity contribution in [2.24, 2.45) is 0 Å². The van der Waals surface area contributed by atoms with Crippen molar-refractivity contribution in [1.29, 1.82) is 0 Å². The largest absolute Gasteiger partial charge is 0.341 e. The summed E-state index contributed by atoms with van der Waals surface area (Å²) in [5, 5.41) is 2.49. The Balaban J connectivity index is 1.93. The maximum atomic E-state index is 12.4. The standard InChI is InChI=1S/C13H12F2N4O3S/c14-12(15)23(21,22)11-5-3-9(4-6-11)18-19-13(20)17-10-2-1-7-16-8-10/h1-8,12,18H,(H2,17,19,20). The van der Waals surface area contributed by atoms with Crippen LogP contribution in [0.1, 0.15) is 0 Å². The van der Waals surface area contributed by atoms with E-state index in [0.717, 1.165) is 12.1 Å². The lowest BCUT2D eigenvalue weighted by Gasteiger charge is -2.10. The molecule has 2 amide bonds. The van der Waals surface area contributed by atoms with Crippen LogP contribution in [-0.4, -0.2) is 25.2 Å². The molecule has 122 valence electrons. The van der Waals surface area contributed by atoms with Gasteiger partial charge in [0.1, 0.15) is 0 Å². The van der Waals surface area contributed by atoms with Crippen LogP contribution in [0.5, 0.6) is 0 Å². The molecular formula is C13H12F2N4O3S. The highest BCUT2D eigenvalue weighted by molar-refractivity contribution is 7.91. The summed E-state index contributed by atoms with van der Waals surface area (Å²) in [6.07, 6.45) is 3.00. The summed E-state index contributed by atoms with van der Waals surface area (Å²) in [7, 11) is -4.63. The summed E-state index contributed by atoms with van der Waals surface area (Å²) in [4.78, 5) is 14.9. The molecule has 7 nitrogen and oxygen atoms in total. The Labute approximate surface area is 130 Å². The number of amides is 2. The van der Waals surface area contributed by atoms with Crippen LogP contribution in [0, 0.1) is 0 Å². The number of nitrogens with zero attached hydrogens (tertiary/aromatic N) is 1. The molecule has 0 unspecified atom stereocenters. The van der Waals surface area contributed by atoms with Crippen LogP contribution in [-0.2, 0) is 9.84 Å². The molecule has 2 rings (SSSR count). The zero-order valence-corrected chi connectivity index (χ0v) is 12.3. The van der Waals surface area contributed by atoms with Crippen LogP contribution in [0.15, 0.2) is 53.7 Å². The molecule has 0 fully saturated rings. The third-order valence-electron chi connectivity index (χ3n) is 2.66. The molecule has 0 spiro atoms. The number of pyridine rings is 1. The number of carbonyl (C=O) groups is 1. The Bertz CT molecular complexity index is 768. The normalized spacial score (nSPS) is 11.1. The molecule has 0 aliphatic rings. The number of aromatic nitrogens is 1. The Morgan fingerprint density at radius 1 is 1.09 bits per heavy atom. The van der Waals surface area contributed by atoms with Gasteiger partial charge in [-0.2, -0.15) is 8.78 Å². The van der Waals surface area contributed by atoms with Gasteiger partial charge in [0.25, 0.3) is 0 Å². The third kappa shape index (κ3) is 4.36. The third-order valence-corrected chi connectivity index (χ3v) is 4.06. The van der Waals surface area contributed by atoms with E-state index in [9.17, 15) is 22.0 Å². The number of nitrogens with one attached hydrogen (secondary N) is 3. The second-order valence-corrected chi connectivity index (χ2v) is 6.19. The van der Waals surface area contributed by atoms with Crippen LogP contribution in [0.2, 0.25) is 0 Å². The highest BCUT2D eigenvalue weighted by Gasteiger charge is 2.26. The number of rotatable bonds is 5. The average Bonchev–Trinajstić information content (AvgIpc) is 2.54. The molecule has 2 aromatic rings. The number of benzene rings is 1. The highest BCUT2D eigenvalue weighted by Crippen LogP contribution is 2.19. The van der Waals surface area contributed by atoms with Crippen molar-refractivity contribution in [1.82, 2.24) is 10.4 Å². The van der Waals surface area contributed by atoms with E-state index in [0.29, 0.717) is 11.4 Å². The van der Waals surface area contributed by atoms with Gasteiger partial charge in [-0.25, -0.2) is 13.2 Å². The number of halogens is 2. The zero-order chi connectivity index (χ0) is 16.9. The van der Waals surface area contributed by atoms with Crippen molar-refractivity contribution in [3.8, 4) is 0 Å². The Morgan fingerprint density at radius 2 is 1.78 bits per heavy atom. The van der Waals surface area contributed by atoms with Crippen molar-refractivity contribution in [3.05, 3.63) is 48.8 Å². The average molecular weight is 342 g/mol. The monoisotopic (exact) mass is 342 g/mol. The summed E-state index contributed by atoms with van der Waals surface area (Å²) in [6, 6.07) is 7.23. The topological polar surface area (TPSA) is 100 Å². The minimum absolute atomic E-state index is 0.319. The zero-order valence-electron chi connectivity index (χ0n) is 11.5. The van der Waals surface area contributed by atoms with E-state index < -0.39 is 26.5 Å². The van der Waals surface area contributed by atoms with Crippen molar-refractivity contribution in [2.75, 3.05) is 10.7 Å². The fourth-order valence-electron chi connectivity index (χ4n) is 1.56. The van der Waals surface area contributed by atoms with E-state index in [1.807, 2.05) is 0 Å². The van der Waals surface area contributed by atoms with Crippen LogP contribution in [0.3, 0.4) is 0 Å². The van der Waals surface area contributed by atoms with E-state index in [-0.39, 0.29) is 0 Å². The molecule has 1 aromatic heterocycles. The first kappa shape index (κ1) is 16.6. The van der Waals surface area contributed by atoms with Gasteiger partial charge in [0, 0.05) is 6.20 Å². The summed E-state index contributed by atoms with van der Waals surface area (Å²) in [6.45, 7) is 0. The minimum Gasteiger partial charge on any atom is -0.305 e. The first-order valence-corrected chi connectivity index (χ1v) is 7.79. The molecule has 0 atom stereocenters. The number of hydrogen-bond donors (Lipinski definition) is 3. The smallest absolute Gasteiger partial charge is 0.305 e. The lowest BCUT2D eigenvalue weighted by Crippen LogP contribution is -2.33. The molecule has 0 saturated carbocycles. The second-order valence-electron chi connectivity index (χ2n) is 4.28. The molecule has 0 aliphatic carbocycles. The van der Waals surface area contributed by atoms with Crippen molar-refractivity contribution in [2.45, 2.75) is 10.7 Å². The molecule has 0 bridgehead atoms. The van der Waals surface area contributed by atoms with Gasteiger partial charge in [-0.05, 0) is 36.4 Å². The second kappa shape index (κ2) is 7.01. The molecule has 1 aromatic carbocycles. The van der Waals surface area contributed by atoms with E-state index in [1.54, 1.807) is 18.3 Å². The predicted molar refractivity (Wildman–Crippen MR) is 79.6 cm³/mol. The Kier molecular flexibility index (Phi) is 5.06. The van der Waals surface area contributed by atoms with E-state index in [2.05, 4.69) is 21.2 Å². The van der Waals surface area contributed by atoms with Crippen LogP contribution in [0.25, 0.3) is 0 Å². The number of sulfone groups is 1. The Hall–Kier alpha value is -2.75. The van der Waals surface area contributed by atoms with E-state index in [1.165, 1.54) is 18.3 Å². The molecule has 23 heavy (non-hydrogen) atoms. The van der Waals surface area contributed by atoms with E-state index >= 15 is 0 Å². The van der Waals surface area contributed by atoms with Crippen molar-refractivity contribution < 1.29 is 22.0 Å². The van der Waals surface area contributed by atoms with Gasteiger partial charge in [0.2, 0.25) is 9.84 Å². The van der Waals surface area contributed by atoms with Crippen molar-refractivity contribution >= 4 is 27.2 Å². The molecule has 0 aliphatic heterocycles. The minimum atomic E-state index is -4.63. The van der Waals surface area contributed by atoms with E-state index in [4.69, 9.17) is 0 Å². The molecule has 1 heterocycles. The van der Waals surface area contributed by atoms with Crippen LogP contribution >= 0.6 is 0 Å². The van der Waals surface area contributed by atoms with Crippen LogP contribution < -0.4 is 16.2 Å². The fourth-order valence-corrected chi connectivity index (χ4v) is 2.28. The van der Waals surface area contributed by atoms with Gasteiger partial charge in [-0.15, -0.1) is 0 Å². The van der Waals surface area contributed by atoms with Gasteiger partial charge in [0.05, 0.1) is 22.5 Å². The quantitative estimate of drug-likeness (QED) is 0.724. The van der Waals surface area contributed by atoms with Gasteiger partial charge < -0.3 is 5.32 Å². The summed E-state index contributed by atoms with van der Waals surface area (Å²) >= 11 is 0. The fraction of sp³-hybridized carbons (Fsp3) is 0.0769. The maximum Gasteiger partial charge on any atom is 0.341 e. The maximum absolute atomic E-state index is 12.4. The molecule has 10 heteroatoms. The highest BCUT2D eigenvalue weighted by atomic mass is 32.2. The Morgan fingerprint density at radius 3 is 2.35 bits per heavy atom. The number of urea groups is 1. The SMILES string of the molecule is O=C(NNc1ccc(S(=O)(=O)C(F)F)cc1)Nc1cccnc1. The number of hydrazine groups is 1. The first-order valence-electron chi connectivity index (χ1n) is 6.25. The number of hydrogen-bond acceptors (Lipinski definition) is 5. The first-order chi connectivity index (χ1) is 10.9. The van der Waals surface area contributed by atoms with Crippen LogP contribution in [0.4, 0.5) is 25.0 Å².